The summed E-state index contributed by atoms with van der Waals surface area (Å²) in [6.07, 6.45) is 8.52. The predicted octanol–water partition coefficient (Wildman–Crippen LogP) is 1.77. The smallest absolute Gasteiger partial charge is 0.349 e. The molecule has 1 saturated heterocycles. The first-order valence-electron chi connectivity index (χ1n) is 12.0. The second-order valence-corrected chi connectivity index (χ2v) is 10.3. The van der Waals surface area contributed by atoms with E-state index in [2.05, 4.69) is 32.0 Å². The first-order chi connectivity index (χ1) is 15.0. The maximum atomic E-state index is 12.7. The third-order valence-electron chi connectivity index (χ3n) is 7.75. The number of aromatic amines is 1. The lowest BCUT2D eigenvalue weighted by Gasteiger charge is -2.56. The molecule has 1 aromatic rings. The van der Waals surface area contributed by atoms with E-state index in [-0.39, 0.29) is 23.9 Å². The van der Waals surface area contributed by atoms with Crippen molar-refractivity contribution in [3.63, 3.8) is 0 Å². The number of hydrogen-bond donors (Lipinski definition) is 2. The highest BCUT2D eigenvalue weighted by Crippen LogP contribution is 2.55. The molecular formula is C23H35N5O3. The Balaban J connectivity index is 1.17. The van der Waals surface area contributed by atoms with Crippen LogP contribution in [0.3, 0.4) is 0 Å². The molecule has 0 unspecified atom stereocenters. The molecule has 8 heteroatoms. The number of carbonyl (C=O) groups excluding carboxylic acids is 1. The Morgan fingerprint density at radius 3 is 2.42 bits per heavy atom. The average molecular weight is 430 g/mol. The molecule has 1 aliphatic heterocycles. The molecule has 0 atom stereocenters. The first-order valence-corrected chi connectivity index (χ1v) is 12.0. The van der Waals surface area contributed by atoms with E-state index >= 15 is 0 Å². The van der Waals surface area contributed by atoms with Crippen molar-refractivity contribution in [1.29, 1.82) is 0 Å². The summed E-state index contributed by atoms with van der Waals surface area (Å²) >= 11 is 0. The largest absolute Gasteiger partial charge is 0.467 e. The molecule has 4 saturated carbocycles. The normalized spacial score (nSPS) is 32.3. The second-order valence-electron chi connectivity index (χ2n) is 10.3. The van der Waals surface area contributed by atoms with Crippen molar-refractivity contribution in [2.75, 3.05) is 44.2 Å². The van der Waals surface area contributed by atoms with Gasteiger partial charge in [0.15, 0.2) is 6.61 Å². The van der Waals surface area contributed by atoms with E-state index < -0.39 is 5.69 Å². The van der Waals surface area contributed by atoms with Crippen LogP contribution in [0, 0.1) is 17.8 Å². The van der Waals surface area contributed by atoms with Crippen molar-refractivity contribution < 1.29 is 9.53 Å². The van der Waals surface area contributed by atoms with Gasteiger partial charge in [0.05, 0.1) is 0 Å². The fourth-order valence-corrected chi connectivity index (χ4v) is 6.93. The number of rotatable bonds is 7. The number of hydrogen-bond acceptors (Lipinski definition) is 6. The number of nitrogens with one attached hydrogen (secondary N) is 2. The van der Waals surface area contributed by atoms with Crippen LogP contribution < -0.4 is 20.6 Å². The molecule has 8 nitrogen and oxygen atoms in total. The maximum absolute atomic E-state index is 12.7. The van der Waals surface area contributed by atoms with Crippen molar-refractivity contribution in [1.82, 2.24) is 20.2 Å². The van der Waals surface area contributed by atoms with Gasteiger partial charge in [-0.1, -0.05) is 6.92 Å². The van der Waals surface area contributed by atoms with Crippen molar-refractivity contribution >= 4 is 11.7 Å². The lowest BCUT2D eigenvalue weighted by atomic mass is 9.53. The molecule has 31 heavy (non-hydrogen) atoms. The van der Waals surface area contributed by atoms with Gasteiger partial charge >= 0.3 is 5.69 Å². The molecule has 4 aliphatic carbocycles. The van der Waals surface area contributed by atoms with Gasteiger partial charge in [0, 0.05) is 37.8 Å². The van der Waals surface area contributed by atoms with Gasteiger partial charge in [-0.05, 0) is 69.2 Å². The number of piperazine rings is 1. The van der Waals surface area contributed by atoms with Gasteiger partial charge in [-0.3, -0.25) is 14.7 Å². The Hall–Kier alpha value is -2.09. The third kappa shape index (κ3) is 4.59. The lowest BCUT2D eigenvalue weighted by Crippen LogP contribution is -2.60. The molecule has 6 rings (SSSR count). The summed E-state index contributed by atoms with van der Waals surface area (Å²) in [6, 6.07) is 1.74. The van der Waals surface area contributed by atoms with Gasteiger partial charge in [0.2, 0.25) is 5.88 Å². The van der Waals surface area contributed by atoms with Crippen LogP contribution in [0.15, 0.2) is 10.9 Å². The van der Waals surface area contributed by atoms with E-state index in [0.29, 0.717) is 5.82 Å². The van der Waals surface area contributed by atoms with E-state index in [4.69, 9.17) is 4.74 Å². The van der Waals surface area contributed by atoms with Gasteiger partial charge in [0.25, 0.3) is 5.91 Å². The Labute approximate surface area is 183 Å². The van der Waals surface area contributed by atoms with E-state index in [0.717, 1.165) is 76.2 Å². The Morgan fingerprint density at radius 2 is 1.81 bits per heavy atom. The van der Waals surface area contributed by atoms with Crippen LogP contribution in [-0.2, 0) is 4.79 Å². The SMILES string of the molecule is CCCN1CCN(c2cc(OCC(=O)NC34CC5CC(CC(C5)C3)C4)nc(=O)[nH]2)CC1. The van der Waals surface area contributed by atoms with E-state index in [1.807, 2.05) is 0 Å². The zero-order valence-corrected chi connectivity index (χ0v) is 18.6. The van der Waals surface area contributed by atoms with Crippen molar-refractivity contribution in [3.8, 4) is 5.88 Å². The number of ether oxygens (including phenoxy) is 1. The minimum atomic E-state index is -0.440. The fourth-order valence-electron chi connectivity index (χ4n) is 6.93. The fraction of sp³-hybridized carbons (Fsp3) is 0.783. The molecule has 0 spiro atoms. The Bertz CT molecular complexity index is 826. The quantitative estimate of drug-likeness (QED) is 0.687. The molecule has 4 bridgehead atoms. The summed E-state index contributed by atoms with van der Waals surface area (Å²) in [6.45, 7) is 6.85. The van der Waals surface area contributed by atoms with Crippen LogP contribution >= 0.6 is 0 Å². The number of aromatic nitrogens is 2. The van der Waals surface area contributed by atoms with Gasteiger partial charge in [0.1, 0.15) is 5.82 Å². The highest BCUT2D eigenvalue weighted by Gasteiger charge is 2.51. The van der Waals surface area contributed by atoms with Crippen molar-refractivity contribution in [2.24, 2.45) is 17.8 Å². The highest BCUT2D eigenvalue weighted by molar-refractivity contribution is 5.78. The average Bonchev–Trinajstić information content (AvgIpc) is 2.71. The number of nitrogens with zero attached hydrogens (tertiary/aromatic N) is 3. The van der Waals surface area contributed by atoms with Crippen LogP contribution in [0.5, 0.6) is 5.88 Å². The second kappa shape index (κ2) is 8.45. The molecule has 5 aliphatic rings. The minimum absolute atomic E-state index is 0.0277. The predicted molar refractivity (Wildman–Crippen MR) is 118 cm³/mol. The molecule has 2 heterocycles. The summed E-state index contributed by atoms with van der Waals surface area (Å²) in [4.78, 5) is 36.1. The van der Waals surface area contributed by atoms with Crippen LogP contribution in [0.25, 0.3) is 0 Å². The first kappa shape index (κ1) is 20.8. The minimum Gasteiger partial charge on any atom is -0.467 e. The van der Waals surface area contributed by atoms with Gasteiger partial charge < -0.3 is 15.0 Å². The molecule has 0 aromatic carbocycles. The zero-order valence-electron chi connectivity index (χ0n) is 18.6. The monoisotopic (exact) mass is 429 g/mol. The number of carbonyl (C=O) groups is 1. The third-order valence-corrected chi connectivity index (χ3v) is 7.75. The number of H-pyrrole nitrogens is 1. The van der Waals surface area contributed by atoms with Crippen LogP contribution in [0.2, 0.25) is 0 Å². The van der Waals surface area contributed by atoms with E-state index in [1.165, 1.54) is 19.3 Å². The number of amides is 1. The topological polar surface area (TPSA) is 90.6 Å². The number of anilines is 1. The van der Waals surface area contributed by atoms with Crippen LogP contribution in [0.4, 0.5) is 5.82 Å². The molecular weight excluding hydrogens is 394 g/mol. The van der Waals surface area contributed by atoms with Gasteiger partial charge in [-0.15, -0.1) is 0 Å². The van der Waals surface area contributed by atoms with Crippen molar-refractivity contribution in [3.05, 3.63) is 16.6 Å². The lowest BCUT2D eigenvalue weighted by molar-refractivity contribution is -0.128. The Kier molecular flexibility index (Phi) is 5.67. The van der Waals surface area contributed by atoms with Crippen LogP contribution in [-0.4, -0.2) is 65.6 Å². The summed E-state index contributed by atoms with van der Waals surface area (Å²) < 4.78 is 5.67. The van der Waals surface area contributed by atoms with Crippen LogP contribution in [0.1, 0.15) is 51.9 Å². The van der Waals surface area contributed by atoms with Gasteiger partial charge in [-0.2, -0.15) is 4.98 Å². The molecule has 5 fully saturated rings. The highest BCUT2D eigenvalue weighted by atomic mass is 16.5. The summed E-state index contributed by atoms with van der Waals surface area (Å²) in [7, 11) is 0. The molecule has 1 aromatic heterocycles. The molecule has 1 amide bonds. The van der Waals surface area contributed by atoms with E-state index in [9.17, 15) is 9.59 Å². The Morgan fingerprint density at radius 1 is 1.16 bits per heavy atom. The zero-order chi connectivity index (χ0) is 21.4. The summed E-state index contributed by atoms with van der Waals surface area (Å²) in [5, 5.41) is 3.31. The molecule has 170 valence electrons. The van der Waals surface area contributed by atoms with E-state index in [1.54, 1.807) is 6.07 Å². The van der Waals surface area contributed by atoms with Crippen molar-refractivity contribution in [2.45, 2.75) is 57.4 Å². The summed E-state index contributed by atoms with van der Waals surface area (Å²) in [5.74, 6) is 3.17. The molecule has 2 N–H and O–H groups in total. The standard InChI is InChI=1S/C23H35N5O3/c1-2-3-27-4-6-28(7-5-27)19-11-21(25-22(30)24-19)31-15-20(29)26-23-12-16-8-17(13-23)10-18(9-16)14-23/h11,16-18H,2-10,12-15H2,1H3,(H,26,29)(H,24,25,30). The van der Waals surface area contributed by atoms with Gasteiger partial charge in [-0.25, -0.2) is 4.79 Å². The summed E-state index contributed by atoms with van der Waals surface area (Å²) in [5.41, 5.74) is -0.468. The maximum Gasteiger partial charge on any atom is 0.349 e. The molecule has 0 radical (unpaired) electrons.